The van der Waals surface area contributed by atoms with Crippen LogP contribution in [0, 0.1) is 0 Å². The maximum Gasteiger partial charge on any atom is 0.0909 e. The Labute approximate surface area is 87.2 Å². The van der Waals surface area contributed by atoms with Crippen LogP contribution in [0.3, 0.4) is 0 Å². The third-order valence-electron chi connectivity index (χ3n) is 2.55. The van der Waals surface area contributed by atoms with Crippen molar-refractivity contribution in [2.45, 2.75) is 64.6 Å². The zero-order chi connectivity index (χ0) is 11.0. The molecule has 3 heteroatoms. The minimum Gasteiger partial charge on any atom is -0.388 e. The van der Waals surface area contributed by atoms with E-state index < -0.39 is 0 Å². The minimum atomic E-state index is 0.158. The second kappa shape index (κ2) is 3.54. The summed E-state index contributed by atoms with van der Waals surface area (Å²) in [4.78, 5) is 4.48. The summed E-state index contributed by atoms with van der Waals surface area (Å²) in [6.45, 7) is 10.8. The first-order valence-corrected chi connectivity index (χ1v) is 5.29. The van der Waals surface area contributed by atoms with Crippen molar-refractivity contribution in [1.82, 2.24) is 5.32 Å². The second-order valence-electron chi connectivity index (χ2n) is 5.73. The van der Waals surface area contributed by atoms with Gasteiger partial charge in [-0.2, -0.15) is 0 Å². The largest absolute Gasteiger partial charge is 0.388 e. The van der Waals surface area contributed by atoms with Crippen LogP contribution in [-0.2, 0) is 0 Å². The zero-order valence-electron chi connectivity index (χ0n) is 10.0. The van der Waals surface area contributed by atoms with Gasteiger partial charge in [0.25, 0.3) is 0 Å². The molecule has 1 rings (SSSR count). The molecule has 1 fully saturated rings. The molecule has 3 N–H and O–H groups in total. The number of amidine groups is 1. The van der Waals surface area contributed by atoms with Crippen molar-refractivity contribution in [1.29, 1.82) is 0 Å². The summed E-state index contributed by atoms with van der Waals surface area (Å²) < 4.78 is 0. The number of hydrogen-bond donors (Lipinski definition) is 2. The van der Waals surface area contributed by atoms with Gasteiger partial charge in [-0.1, -0.05) is 0 Å². The Hall–Kier alpha value is -0.570. The van der Waals surface area contributed by atoms with Crippen LogP contribution in [0.15, 0.2) is 4.99 Å². The van der Waals surface area contributed by atoms with E-state index in [9.17, 15) is 0 Å². The third kappa shape index (κ3) is 3.29. The van der Waals surface area contributed by atoms with Gasteiger partial charge in [0.15, 0.2) is 0 Å². The number of nitrogens with zero attached hydrogens (tertiary/aromatic N) is 1. The fraction of sp³-hybridized carbons (Fsp3) is 0.909. The fourth-order valence-corrected chi connectivity index (χ4v) is 2.65. The standard InChI is InChI=1S/C11H23N3/c1-8(12)13-9-6-10(2,3)14-11(4,5)7-9/h9,14H,6-7H2,1-5H3,(H2,12,13). The van der Waals surface area contributed by atoms with Crippen molar-refractivity contribution < 1.29 is 0 Å². The monoisotopic (exact) mass is 197 g/mol. The van der Waals surface area contributed by atoms with Gasteiger partial charge >= 0.3 is 0 Å². The van der Waals surface area contributed by atoms with E-state index in [-0.39, 0.29) is 11.1 Å². The van der Waals surface area contributed by atoms with Crippen LogP contribution in [0.1, 0.15) is 47.5 Å². The zero-order valence-corrected chi connectivity index (χ0v) is 10.0. The Morgan fingerprint density at radius 1 is 1.21 bits per heavy atom. The number of piperidine rings is 1. The SMILES string of the molecule is CC(N)=NC1CC(C)(C)NC(C)(C)C1. The van der Waals surface area contributed by atoms with Crippen LogP contribution in [0.2, 0.25) is 0 Å². The van der Waals surface area contributed by atoms with Gasteiger partial charge in [-0.25, -0.2) is 0 Å². The Morgan fingerprint density at radius 2 is 1.64 bits per heavy atom. The van der Waals surface area contributed by atoms with E-state index in [0.717, 1.165) is 12.8 Å². The van der Waals surface area contributed by atoms with Crippen molar-refractivity contribution in [2.75, 3.05) is 0 Å². The van der Waals surface area contributed by atoms with Crippen molar-refractivity contribution in [3.8, 4) is 0 Å². The average molecular weight is 197 g/mol. The van der Waals surface area contributed by atoms with E-state index in [1.807, 2.05) is 6.92 Å². The quantitative estimate of drug-likeness (QED) is 0.496. The summed E-state index contributed by atoms with van der Waals surface area (Å²) in [7, 11) is 0. The fourth-order valence-electron chi connectivity index (χ4n) is 2.65. The van der Waals surface area contributed by atoms with E-state index in [0.29, 0.717) is 11.9 Å². The molecule has 0 atom stereocenters. The summed E-state index contributed by atoms with van der Waals surface area (Å²) in [6, 6.07) is 0.367. The molecule has 1 aliphatic rings. The second-order valence-corrected chi connectivity index (χ2v) is 5.73. The highest BCUT2D eigenvalue weighted by Crippen LogP contribution is 2.30. The molecule has 1 saturated heterocycles. The van der Waals surface area contributed by atoms with Crippen LogP contribution >= 0.6 is 0 Å². The lowest BCUT2D eigenvalue weighted by molar-refractivity contribution is 0.164. The van der Waals surface area contributed by atoms with E-state index in [1.165, 1.54) is 0 Å². The van der Waals surface area contributed by atoms with Crippen molar-refractivity contribution >= 4 is 5.84 Å². The summed E-state index contributed by atoms with van der Waals surface area (Å²) in [5, 5.41) is 3.63. The van der Waals surface area contributed by atoms with Gasteiger partial charge in [0.2, 0.25) is 0 Å². The molecule has 0 aromatic heterocycles. The molecule has 0 bridgehead atoms. The van der Waals surface area contributed by atoms with Gasteiger partial charge in [-0.15, -0.1) is 0 Å². The summed E-state index contributed by atoms with van der Waals surface area (Å²) in [6.07, 6.45) is 2.12. The molecule has 0 unspecified atom stereocenters. The lowest BCUT2D eigenvalue weighted by Gasteiger charge is -2.45. The van der Waals surface area contributed by atoms with Gasteiger partial charge in [-0.3, -0.25) is 4.99 Å². The Balaban J connectivity index is 2.77. The maximum atomic E-state index is 5.63. The molecule has 0 spiro atoms. The van der Waals surface area contributed by atoms with Gasteiger partial charge in [0.05, 0.1) is 11.9 Å². The highest BCUT2D eigenvalue weighted by atomic mass is 15.1. The minimum absolute atomic E-state index is 0.158. The molecular weight excluding hydrogens is 174 g/mol. The van der Waals surface area contributed by atoms with Gasteiger partial charge < -0.3 is 11.1 Å². The summed E-state index contributed by atoms with van der Waals surface area (Å²) in [5.74, 6) is 0.698. The molecule has 3 nitrogen and oxygen atoms in total. The molecule has 1 heterocycles. The molecule has 0 aromatic rings. The van der Waals surface area contributed by atoms with Crippen LogP contribution in [0.5, 0.6) is 0 Å². The molecular formula is C11H23N3. The summed E-state index contributed by atoms with van der Waals surface area (Å²) in [5.41, 5.74) is 5.95. The van der Waals surface area contributed by atoms with E-state index >= 15 is 0 Å². The van der Waals surface area contributed by atoms with Gasteiger partial charge in [0, 0.05) is 11.1 Å². The molecule has 0 aromatic carbocycles. The van der Waals surface area contributed by atoms with Crippen LogP contribution in [0.4, 0.5) is 0 Å². The first-order chi connectivity index (χ1) is 6.20. The Morgan fingerprint density at radius 3 is 2.00 bits per heavy atom. The molecule has 0 amide bonds. The first kappa shape index (κ1) is 11.5. The lowest BCUT2D eigenvalue weighted by atomic mass is 9.80. The normalized spacial score (nSPS) is 27.6. The van der Waals surface area contributed by atoms with Crippen molar-refractivity contribution in [2.24, 2.45) is 10.7 Å². The molecule has 0 saturated carbocycles. The topological polar surface area (TPSA) is 50.4 Å². The maximum absolute atomic E-state index is 5.63. The van der Waals surface area contributed by atoms with Gasteiger partial charge in [0.1, 0.15) is 0 Å². The van der Waals surface area contributed by atoms with E-state index in [1.54, 1.807) is 0 Å². The molecule has 1 aliphatic heterocycles. The van der Waals surface area contributed by atoms with Crippen molar-refractivity contribution in [3.05, 3.63) is 0 Å². The number of nitrogens with one attached hydrogen (secondary N) is 1. The third-order valence-corrected chi connectivity index (χ3v) is 2.55. The lowest BCUT2D eigenvalue weighted by Crippen LogP contribution is -2.59. The Bertz CT molecular complexity index is 221. The van der Waals surface area contributed by atoms with Crippen LogP contribution < -0.4 is 11.1 Å². The highest BCUT2D eigenvalue weighted by molar-refractivity contribution is 5.77. The number of rotatable bonds is 1. The molecule has 0 aliphatic carbocycles. The average Bonchev–Trinajstić information content (AvgIpc) is 1.74. The first-order valence-electron chi connectivity index (χ1n) is 5.29. The van der Waals surface area contributed by atoms with Crippen molar-refractivity contribution in [3.63, 3.8) is 0 Å². The number of nitrogens with two attached hydrogens (primary N) is 1. The smallest absolute Gasteiger partial charge is 0.0909 e. The highest BCUT2D eigenvalue weighted by Gasteiger charge is 2.37. The predicted molar refractivity (Wildman–Crippen MR) is 61.6 cm³/mol. The van der Waals surface area contributed by atoms with Crippen LogP contribution in [0.25, 0.3) is 0 Å². The predicted octanol–water partition coefficient (Wildman–Crippen LogP) is 1.67. The molecule has 82 valence electrons. The summed E-state index contributed by atoms with van der Waals surface area (Å²) >= 11 is 0. The van der Waals surface area contributed by atoms with E-state index in [2.05, 4.69) is 38.0 Å². The van der Waals surface area contributed by atoms with E-state index in [4.69, 9.17) is 5.73 Å². The number of aliphatic imine (C=N–C) groups is 1. The molecule has 14 heavy (non-hydrogen) atoms. The number of hydrogen-bond acceptors (Lipinski definition) is 2. The van der Waals surface area contributed by atoms with Crippen LogP contribution in [-0.4, -0.2) is 23.0 Å². The Kier molecular flexibility index (Phi) is 2.91. The van der Waals surface area contributed by atoms with Gasteiger partial charge in [-0.05, 0) is 47.5 Å². The molecule has 0 radical (unpaired) electrons.